The fourth-order valence-electron chi connectivity index (χ4n) is 3.35. The Kier molecular flexibility index (Phi) is 5.21. The van der Waals surface area contributed by atoms with Crippen LogP contribution in [0.4, 0.5) is 4.39 Å². The van der Waals surface area contributed by atoms with E-state index in [2.05, 4.69) is 41.6 Å². The Morgan fingerprint density at radius 1 is 1.40 bits per heavy atom. The van der Waals surface area contributed by atoms with Gasteiger partial charge in [0.2, 0.25) is 0 Å². The predicted molar refractivity (Wildman–Crippen MR) is 85.0 cm³/mol. The summed E-state index contributed by atoms with van der Waals surface area (Å²) in [7, 11) is 0. The number of halogens is 2. The lowest BCUT2D eigenvalue weighted by atomic mass is 9.84. The van der Waals surface area contributed by atoms with Gasteiger partial charge in [-0.25, -0.2) is 4.39 Å². The van der Waals surface area contributed by atoms with Gasteiger partial charge in [0.1, 0.15) is 5.82 Å². The SMILES string of the molecule is CC1CC(C)C(C)N(C(CN)c2ccc(F)c(Br)c2)C1. The highest BCUT2D eigenvalue weighted by molar-refractivity contribution is 9.10. The minimum atomic E-state index is -0.224. The molecule has 2 nitrogen and oxygen atoms in total. The number of rotatable bonds is 3. The first kappa shape index (κ1) is 15.9. The van der Waals surface area contributed by atoms with Gasteiger partial charge in [-0.15, -0.1) is 0 Å². The lowest BCUT2D eigenvalue weighted by Gasteiger charge is -2.45. The maximum absolute atomic E-state index is 13.4. The molecule has 0 aliphatic carbocycles. The monoisotopic (exact) mass is 342 g/mol. The number of piperidine rings is 1. The summed E-state index contributed by atoms with van der Waals surface area (Å²) >= 11 is 3.27. The zero-order valence-electron chi connectivity index (χ0n) is 12.4. The van der Waals surface area contributed by atoms with Crippen LogP contribution >= 0.6 is 15.9 Å². The highest BCUT2D eigenvalue weighted by atomic mass is 79.9. The Morgan fingerprint density at radius 2 is 2.10 bits per heavy atom. The molecule has 0 amide bonds. The topological polar surface area (TPSA) is 29.3 Å². The van der Waals surface area contributed by atoms with E-state index in [0.29, 0.717) is 28.9 Å². The molecule has 1 aromatic carbocycles. The molecular formula is C16H24BrFN2. The molecule has 4 atom stereocenters. The van der Waals surface area contributed by atoms with E-state index in [9.17, 15) is 4.39 Å². The molecular weight excluding hydrogens is 319 g/mol. The number of benzene rings is 1. The Hall–Kier alpha value is -0.450. The summed E-state index contributed by atoms with van der Waals surface area (Å²) < 4.78 is 13.9. The van der Waals surface area contributed by atoms with Gasteiger partial charge < -0.3 is 5.73 Å². The zero-order chi connectivity index (χ0) is 14.9. The van der Waals surface area contributed by atoms with Gasteiger partial charge in [0.15, 0.2) is 0 Å². The van der Waals surface area contributed by atoms with Gasteiger partial charge >= 0.3 is 0 Å². The average molecular weight is 343 g/mol. The van der Waals surface area contributed by atoms with Crippen LogP contribution in [0.1, 0.15) is 38.8 Å². The highest BCUT2D eigenvalue weighted by Crippen LogP contribution is 2.34. The molecule has 2 N–H and O–H groups in total. The van der Waals surface area contributed by atoms with Crippen LogP contribution < -0.4 is 5.73 Å². The molecule has 0 spiro atoms. The van der Waals surface area contributed by atoms with Gasteiger partial charge in [0.25, 0.3) is 0 Å². The van der Waals surface area contributed by atoms with Gasteiger partial charge in [-0.3, -0.25) is 4.90 Å². The average Bonchev–Trinajstić information content (AvgIpc) is 2.40. The van der Waals surface area contributed by atoms with Crippen molar-refractivity contribution in [3.63, 3.8) is 0 Å². The van der Waals surface area contributed by atoms with Crippen molar-refractivity contribution < 1.29 is 4.39 Å². The Labute approximate surface area is 129 Å². The van der Waals surface area contributed by atoms with Crippen LogP contribution in [0.3, 0.4) is 0 Å². The third kappa shape index (κ3) is 3.23. The van der Waals surface area contributed by atoms with Crippen molar-refractivity contribution in [1.82, 2.24) is 4.90 Å². The molecule has 1 saturated heterocycles. The van der Waals surface area contributed by atoms with Crippen LogP contribution in [0, 0.1) is 17.7 Å². The van der Waals surface area contributed by atoms with Crippen LogP contribution in [0.2, 0.25) is 0 Å². The molecule has 0 saturated carbocycles. The van der Waals surface area contributed by atoms with E-state index in [4.69, 9.17) is 5.73 Å². The Bertz CT molecular complexity index is 466. The van der Waals surface area contributed by atoms with Crippen molar-refractivity contribution in [2.24, 2.45) is 17.6 Å². The molecule has 2 rings (SSSR count). The Morgan fingerprint density at radius 3 is 2.70 bits per heavy atom. The second-order valence-electron chi connectivity index (χ2n) is 6.18. The normalized spacial score (nSPS) is 29.4. The van der Waals surface area contributed by atoms with Gasteiger partial charge in [-0.05, 0) is 58.8 Å². The first-order valence-electron chi connectivity index (χ1n) is 7.34. The number of hydrogen-bond donors (Lipinski definition) is 1. The summed E-state index contributed by atoms with van der Waals surface area (Å²) in [5.74, 6) is 1.12. The zero-order valence-corrected chi connectivity index (χ0v) is 14.0. The fraction of sp³-hybridized carbons (Fsp3) is 0.625. The van der Waals surface area contributed by atoms with Crippen molar-refractivity contribution >= 4 is 15.9 Å². The lowest BCUT2D eigenvalue weighted by molar-refractivity contribution is 0.0424. The molecule has 1 aromatic rings. The van der Waals surface area contributed by atoms with E-state index in [1.54, 1.807) is 0 Å². The minimum Gasteiger partial charge on any atom is -0.329 e. The van der Waals surface area contributed by atoms with Gasteiger partial charge in [0, 0.05) is 25.2 Å². The molecule has 112 valence electrons. The first-order valence-corrected chi connectivity index (χ1v) is 8.14. The van der Waals surface area contributed by atoms with Crippen LogP contribution in [-0.4, -0.2) is 24.0 Å². The van der Waals surface area contributed by atoms with Crippen molar-refractivity contribution in [1.29, 1.82) is 0 Å². The van der Waals surface area contributed by atoms with E-state index in [1.807, 2.05) is 12.1 Å². The van der Waals surface area contributed by atoms with Gasteiger partial charge in [-0.2, -0.15) is 0 Å². The lowest BCUT2D eigenvalue weighted by Crippen LogP contribution is -2.49. The molecule has 0 radical (unpaired) electrons. The van der Waals surface area contributed by atoms with Crippen LogP contribution in [0.15, 0.2) is 22.7 Å². The summed E-state index contributed by atoms with van der Waals surface area (Å²) in [4.78, 5) is 2.48. The molecule has 0 bridgehead atoms. The van der Waals surface area contributed by atoms with E-state index in [-0.39, 0.29) is 11.9 Å². The third-order valence-electron chi connectivity index (χ3n) is 4.60. The molecule has 1 fully saturated rings. The Balaban J connectivity index is 2.28. The van der Waals surface area contributed by atoms with E-state index in [0.717, 1.165) is 12.1 Å². The van der Waals surface area contributed by atoms with Crippen LogP contribution in [-0.2, 0) is 0 Å². The first-order chi connectivity index (χ1) is 9.43. The van der Waals surface area contributed by atoms with E-state index >= 15 is 0 Å². The van der Waals surface area contributed by atoms with Crippen LogP contribution in [0.5, 0.6) is 0 Å². The molecule has 1 aliphatic rings. The molecule has 0 aromatic heterocycles. The standard InChI is InChI=1S/C16H24BrFN2/c1-10-6-11(2)12(3)20(9-10)16(8-19)13-4-5-15(18)14(17)7-13/h4-5,7,10-12,16H,6,8-9,19H2,1-3H3. The summed E-state index contributed by atoms with van der Waals surface area (Å²) in [5.41, 5.74) is 7.12. The van der Waals surface area contributed by atoms with Crippen LogP contribution in [0.25, 0.3) is 0 Å². The third-order valence-corrected chi connectivity index (χ3v) is 5.20. The van der Waals surface area contributed by atoms with Gasteiger partial charge in [-0.1, -0.05) is 19.9 Å². The number of nitrogens with zero attached hydrogens (tertiary/aromatic N) is 1. The van der Waals surface area contributed by atoms with Crippen molar-refractivity contribution in [2.45, 2.75) is 39.3 Å². The quantitative estimate of drug-likeness (QED) is 0.900. The maximum atomic E-state index is 13.4. The second kappa shape index (κ2) is 6.54. The van der Waals surface area contributed by atoms with Crippen molar-refractivity contribution in [2.75, 3.05) is 13.1 Å². The summed E-state index contributed by atoms with van der Waals surface area (Å²) in [6.07, 6.45) is 1.27. The molecule has 1 aliphatic heterocycles. The second-order valence-corrected chi connectivity index (χ2v) is 7.03. The molecule has 4 heteroatoms. The number of nitrogens with two attached hydrogens (primary N) is 1. The molecule has 20 heavy (non-hydrogen) atoms. The summed E-state index contributed by atoms with van der Waals surface area (Å²) in [6.45, 7) is 8.49. The molecule has 1 heterocycles. The largest absolute Gasteiger partial charge is 0.329 e. The van der Waals surface area contributed by atoms with E-state index < -0.39 is 0 Å². The molecule has 4 unspecified atom stereocenters. The smallest absolute Gasteiger partial charge is 0.137 e. The summed E-state index contributed by atoms with van der Waals surface area (Å²) in [5, 5.41) is 0. The predicted octanol–water partition coefficient (Wildman–Crippen LogP) is 3.95. The van der Waals surface area contributed by atoms with E-state index in [1.165, 1.54) is 12.5 Å². The highest BCUT2D eigenvalue weighted by Gasteiger charge is 2.33. The minimum absolute atomic E-state index is 0.159. The number of hydrogen-bond acceptors (Lipinski definition) is 2. The van der Waals surface area contributed by atoms with Crippen molar-refractivity contribution in [3.05, 3.63) is 34.1 Å². The number of likely N-dealkylation sites (tertiary alicyclic amines) is 1. The maximum Gasteiger partial charge on any atom is 0.137 e. The summed E-state index contributed by atoms with van der Waals surface area (Å²) in [6, 6.07) is 5.90. The van der Waals surface area contributed by atoms with Gasteiger partial charge in [0.05, 0.1) is 4.47 Å². The fourth-order valence-corrected chi connectivity index (χ4v) is 3.75. The van der Waals surface area contributed by atoms with Crippen molar-refractivity contribution in [3.8, 4) is 0 Å².